The molecule has 0 saturated heterocycles. The van der Waals surface area contributed by atoms with Crippen LogP contribution < -0.4 is 5.32 Å². The molecule has 0 aliphatic rings. The highest BCUT2D eigenvalue weighted by molar-refractivity contribution is 9.10. The Bertz CT molecular complexity index is 667. The zero-order valence-corrected chi connectivity index (χ0v) is 12.4. The first-order valence-electron chi connectivity index (χ1n) is 5.59. The van der Waals surface area contributed by atoms with E-state index < -0.39 is 10.7 Å². The molecular weight excluding hydrogens is 351 g/mol. The van der Waals surface area contributed by atoms with Gasteiger partial charge < -0.3 is 5.32 Å². The number of anilines is 1. The van der Waals surface area contributed by atoms with Gasteiger partial charge in [-0.2, -0.15) is 0 Å². The zero-order chi connectivity index (χ0) is 14.7. The molecule has 0 radical (unpaired) electrons. The average molecular weight is 360 g/mol. The van der Waals surface area contributed by atoms with Crippen molar-refractivity contribution in [1.82, 2.24) is 0 Å². The van der Waals surface area contributed by atoms with Crippen molar-refractivity contribution in [2.75, 3.05) is 5.32 Å². The van der Waals surface area contributed by atoms with E-state index in [0.717, 1.165) is 16.1 Å². The minimum Gasteiger partial charge on any atom is -0.375 e. The van der Waals surface area contributed by atoms with E-state index in [9.17, 15) is 14.5 Å². The summed E-state index contributed by atoms with van der Waals surface area (Å²) in [5.74, 6) is -0.814. The third-order valence-electron chi connectivity index (χ3n) is 2.61. The Hall–Kier alpha value is -1.66. The summed E-state index contributed by atoms with van der Waals surface area (Å²) >= 11 is 8.99. The van der Waals surface area contributed by atoms with Crippen LogP contribution in [-0.2, 0) is 6.54 Å². The standard InChI is InChI=1S/C13H9BrClFN2O2/c14-9-3-1-2-8(4-9)7-17-12-5-10(15)11(16)6-13(12)18(19)20/h1-6,17H,7H2. The third kappa shape index (κ3) is 3.46. The van der Waals surface area contributed by atoms with Crippen LogP contribution in [0.3, 0.4) is 0 Å². The minimum atomic E-state index is -0.814. The number of hydrogen-bond donors (Lipinski definition) is 1. The molecule has 7 heteroatoms. The van der Waals surface area contributed by atoms with Crippen LogP contribution in [0.2, 0.25) is 5.02 Å². The maximum absolute atomic E-state index is 13.3. The van der Waals surface area contributed by atoms with E-state index in [0.29, 0.717) is 6.54 Å². The van der Waals surface area contributed by atoms with Gasteiger partial charge >= 0.3 is 0 Å². The average Bonchev–Trinajstić information content (AvgIpc) is 2.39. The Morgan fingerprint density at radius 2 is 2.10 bits per heavy atom. The number of benzene rings is 2. The SMILES string of the molecule is O=[N+]([O-])c1cc(F)c(Cl)cc1NCc1cccc(Br)c1. The van der Waals surface area contributed by atoms with Crippen LogP contribution in [0.4, 0.5) is 15.8 Å². The Morgan fingerprint density at radius 3 is 2.75 bits per heavy atom. The molecule has 4 nitrogen and oxygen atoms in total. The molecule has 0 amide bonds. The summed E-state index contributed by atoms with van der Waals surface area (Å²) in [5, 5.41) is 13.6. The summed E-state index contributed by atoms with van der Waals surface area (Å²) in [6.07, 6.45) is 0. The predicted octanol–water partition coefficient (Wildman–Crippen LogP) is 4.76. The third-order valence-corrected chi connectivity index (χ3v) is 3.39. The molecule has 2 rings (SSSR count). The van der Waals surface area contributed by atoms with Gasteiger partial charge in [-0.3, -0.25) is 10.1 Å². The molecule has 2 aromatic rings. The zero-order valence-electron chi connectivity index (χ0n) is 10.1. The van der Waals surface area contributed by atoms with Crippen LogP contribution in [0.15, 0.2) is 40.9 Å². The lowest BCUT2D eigenvalue weighted by Gasteiger charge is -2.08. The number of nitrogens with zero attached hydrogens (tertiary/aromatic N) is 1. The van der Waals surface area contributed by atoms with Gasteiger partial charge in [0.15, 0.2) is 0 Å². The van der Waals surface area contributed by atoms with E-state index in [-0.39, 0.29) is 16.4 Å². The van der Waals surface area contributed by atoms with Crippen molar-refractivity contribution in [3.05, 3.63) is 67.4 Å². The maximum Gasteiger partial charge on any atom is 0.295 e. The number of halogens is 3. The van der Waals surface area contributed by atoms with Gasteiger partial charge in [0.25, 0.3) is 5.69 Å². The van der Waals surface area contributed by atoms with Crippen molar-refractivity contribution in [3.63, 3.8) is 0 Å². The molecule has 1 N–H and O–H groups in total. The van der Waals surface area contributed by atoms with Gasteiger partial charge in [-0.05, 0) is 23.8 Å². The minimum absolute atomic E-state index is 0.160. The molecule has 0 aliphatic carbocycles. The fraction of sp³-hybridized carbons (Fsp3) is 0.0769. The molecule has 0 unspecified atom stereocenters. The predicted molar refractivity (Wildman–Crippen MR) is 79.5 cm³/mol. The summed E-state index contributed by atoms with van der Waals surface area (Å²) in [5.41, 5.74) is 0.761. The van der Waals surface area contributed by atoms with Gasteiger partial charge in [0.1, 0.15) is 11.5 Å². The molecule has 0 heterocycles. The molecule has 2 aromatic carbocycles. The van der Waals surface area contributed by atoms with Crippen molar-refractivity contribution < 1.29 is 9.31 Å². The quantitative estimate of drug-likeness (QED) is 0.632. The highest BCUT2D eigenvalue weighted by Crippen LogP contribution is 2.30. The van der Waals surface area contributed by atoms with E-state index in [1.54, 1.807) is 0 Å². The second-order valence-corrected chi connectivity index (χ2v) is 5.35. The highest BCUT2D eigenvalue weighted by atomic mass is 79.9. The fourth-order valence-corrected chi connectivity index (χ4v) is 2.28. The molecule has 0 bridgehead atoms. The number of hydrogen-bond acceptors (Lipinski definition) is 3. The molecule has 0 fully saturated rings. The summed E-state index contributed by atoms with van der Waals surface area (Å²) < 4.78 is 14.2. The van der Waals surface area contributed by atoms with Crippen molar-refractivity contribution in [2.24, 2.45) is 0 Å². The molecule has 20 heavy (non-hydrogen) atoms. The monoisotopic (exact) mass is 358 g/mol. The molecule has 104 valence electrons. The first-order valence-corrected chi connectivity index (χ1v) is 6.76. The lowest BCUT2D eigenvalue weighted by Crippen LogP contribution is -2.03. The molecule has 0 saturated carbocycles. The number of rotatable bonds is 4. The van der Waals surface area contributed by atoms with E-state index in [4.69, 9.17) is 11.6 Å². The van der Waals surface area contributed by atoms with Crippen LogP contribution in [0, 0.1) is 15.9 Å². The van der Waals surface area contributed by atoms with Crippen molar-refractivity contribution in [2.45, 2.75) is 6.54 Å². The van der Waals surface area contributed by atoms with Crippen LogP contribution >= 0.6 is 27.5 Å². The first kappa shape index (κ1) is 14.7. The maximum atomic E-state index is 13.3. The van der Waals surface area contributed by atoms with Crippen LogP contribution in [0.25, 0.3) is 0 Å². The summed E-state index contributed by atoms with van der Waals surface area (Å²) in [7, 11) is 0. The second-order valence-electron chi connectivity index (χ2n) is 4.02. The fourth-order valence-electron chi connectivity index (χ4n) is 1.67. The van der Waals surface area contributed by atoms with E-state index in [1.807, 2.05) is 24.3 Å². The molecular formula is C13H9BrClFN2O2. The second kappa shape index (κ2) is 6.19. The number of nitro benzene ring substituents is 1. The topological polar surface area (TPSA) is 55.2 Å². The van der Waals surface area contributed by atoms with Crippen LogP contribution in [0.5, 0.6) is 0 Å². The normalized spacial score (nSPS) is 10.3. The summed E-state index contributed by atoms with van der Waals surface area (Å²) in [6, 6.07) is 9.51. The lowest BCUT2D eigenvalue weighted by molar-refractivity contribution is -0.384. The van der Waals surface area contributed by atoms with Gasteiger partial charge in [-0.15, -0.1) is 0 Å². The summed E-state index contributed by atoms with van der Waals surface area (Å²) in [6.45, 7) is 0.363. The number of nitro groups is 1. The Kier molecular flexibility index (Phi) is 4.57. The first-order chi connectivity index (χ1) is 9.47. The van der Waals surface area contributed by atoms with E-state index >= 15 is 0 Å². The Balaban J connectivity index is 2.24. The highest BCUT2D eigenvalue weighted by Gasteiger charge is 2.17. The molecule has 0 spiro atoms. The van der Waals surface area contributed by atoms with Crippen LogP contribution in [0.1, 0.15) is 5.56 Å². The summed E-state index contributed by atoms with van der Waals surface area (Å²) in [4.78, 5) is 10.2. The molecule has 0 aromatic heterocycles. The van der Waals surface area contributed by atoms with E-state index in [2.05, 4.69) is 21.2 Å². The van der Waals surface area contributed by atoms with Crippen molar-refractivity contribution in [3.8, 4) is 0 Å². The van der Waals surface area contributed by atoms with Crippen molar-refractivity contribution in [1.29, 1.82) is 0 Å². The van der Waals surface area contributed by atoms with Gasteiger partial charge in [-0.25, -0.2) is 4.39 Å². The lowest BCUT2D eigenvalue weighted by atomic mass is 10.2. The van der Waals surface area contributed by atoms with Gasteiger partial charge in [0.2, 0.25) is 0 Å². The van der Waals surface area contributed by atoms with Gasteiger partial charge in [-0.1, -0.05) is 39.7 Å². The van der Waals surface area contributed by atoms with Gasteiger partial charge in [0.05, 0.1) is 16.0 Å². The van der Waals surface area contributed by atoms with E-state index in [1.165, 1.54) is 6.07 Å². The largest absolute Gasteiger partial charge is 0.375 e. The Labute approximate surface area is 127 Å². The molecule has 0 aliphatic heterocycles. The molecule has 0 atom stereocenters. The van der Waals surface area contributed by atoms with Crippen molar-refractivity contribution >= 4 is 38.9 Å². The Morgan fingerprint density at radius 1 is 1.35 bits per heavy atom. The van der Waals surface area contributed by atoms with Gasteiger partial charge in [0, 0.05) is 11.0 Å². The van der Waals surface area contributed by atoms with Crippen LogP contribution in [-0.4, -0.2) is 4.92 Å². The number of nitrogens with one attached hydrogen (secondary N) is 1. The smallest absolute Gasteiger partial charge is 0.295 e.